The average molecular weight is 326 g/mol. The number of carbonyl (C=O) groups is 1. The molecular formula is C19H16ClNO2. The topological polar surface area (TPSA) is 29.5 Å². The predicted octanol–water partition coefficient (Wildman–Crippen LogP) is 3.78. The number of halogens is 1. The van der Waals surface area contributed by atoms with Crippen molar-refractivity contribution in [2.45, 2.75) is 24.5 Å². The fourth-order valence-corrected chi connectivity index (χ4v) is 4.61. The second-order valence-corrected chi connectivity index (χ2v) is 6.93. The van der Waals surface area contributed by atoms with Gasteiger partial charge in [-0.05, 0) is 34.4 Å². The molecule has 4 heteroatoms. The molecule has 0 spiro atoms. The monoisotopic (exact) mass is 325 g/mol. The minimum atomic E-state index is -0.116. The highest BCUT2D eigenvalue weighted by Crippen LogP contribution is 2.53. The van der Waals surface area contributed by atoms with E-state index in [-0.39, 0.29) is 24.0 Å². The first-order valence-corrected chi connectivity index (χ1v) is 8.42. The summed E-state index contributed by atoms with van der Waals surface area (Å²) in [6, 6.07) is 14.3. The largest absolute Gasteiger partial charge is 0.356 e. The van der Waals surface area contributed by atoms with Gasteiger partial charge >= 0.3 is 0 Å². The Morgan fingerprint density at radius 1 is 1.09 bits per heavy atom. The second kappa shape index (κ2) is 4.83. The maximum Gasteiger partial charge on any atom is 0.232 e. The van der Waals surface area contributed by atoms with Crippen molar-refractivity contribution in [3.8, 4) is 11.1 Å². The van der Waals surface area contributed by atoms with Crippen molar-refractivity contribution in [3.63, 3.8) is 0 Å². The van der Waals surface area contributed by atoms with Crippen LogP contribution < -0.4 is 0 Å². The summed E-state index contributed by atoms with van der Waals surface area (Å²) in [5.74, 6) is 0.224. The maximum atomic E-state index is 13.1. The molecule has 2 aromatic carbocycles. The van der Waals surface area contributed by atoms with E-state index in [2.05, 4.69) is 18.2 Å². The van der Waals surface area contributed by atoms with Gasteiger partial charge in [-0.2, -0.15) is 0 Å². The standard InChI is InChI=1S/C19H16ClNO2/c20-11-5-6-13-12-3-1-2-4-14(12)18-16(15(13)9-11)10-17-21(19(18)22)7-8-23-17/h1-6,9,16-18H,7-8,10H2/t16-,17+,18+/m1/s1. The fraction of sp³-hybridized carbons (Fsp3) is 0.316. The molecule has 3 aliphatic rings. The number of fused-ring (bicyclic) bond motifs is 7. The van der Waals surface area contributed by atoms with Gasteiger partial charge in [0, 0.05) is 23.9 Å². The number of carbonyl (C=O) groups excluding carboxylic acids is 1. The number of hydrogen-bond donors (Lipinski definition) is 0. The van der Waals surface area contributed by atoms with E-state index in [0.717, 1.165) is 22.6 Å². The summed E-state index contributed by atoms with van der Waals surface area (Å²) in [6.07, 6.45) is 0.763. The average Bonchev–Trinajstić information content (AvgIpc) is 3.04. The van der Waals surface area contributed by atoms with Crippen molar-refractivity contribution in [2.75, 3.05) is 13.2 Å². The Morgan fingerprint density at radius 2 is 1.91 bits per heavy atom. The molecule has 23 heavy (non-hydrogen) atoms. The third kappa shape index (κ3) is 1.84. The molecular weight excluding hydrogens is 310 g/mol. The minimum absolute atomic E-state index is 0.0826. The van der Waals surface area contributed by atoms with Gasteiger partial charge in [-0.1, -0.05) is 41.9 Å². The quantitative estimate of drug-likeness (QED) is 0.738. The molecule has 0 unspecified atom stereocenters. The highest BCUT2D eigenvalue weighted by atomic mass is 35.5. The summed E-state index contributed by atoms with van der Waals surface area (Å²) in [7, 11) is 0. The molecule has 2 heterocycles. The molecule has 0 N–H and O–H groups in total. The molecule has 0 bridgehead atoms. The fourth-order valence-electron chi connectivity index (χ4n) is 4.43. The van der Waals surface area contributed by atoms with E-state index in [1.54, 1.807) is 0 Å². The summed E-state index contributed by atoms with van der Waals surface area (Å²) < 4.78 is 5.78. The molecule has 3 atom stereocenters. The Labute approximate surface area is 139 Å². The summed E-state index contributed by atoms with van der Waals surface area (Å²) in [5, 5.41) is 0.726. The molecule has 1 aliphatic carbocycles. The highest BCUT2D eigenvalue weighted by molar-refractivity contribution is 6.30. The van der Waals surface area contributed by atoms with Crippen molar-refractivity contribution in [2.24, 2.45) is 0 Å². The predicted molar refractivity (Wildman–Crippen MR) is 88.4 cm³/mol. The van der Waals surface area contributed by atoms with E-state index >= 15 is 0 Å². The molecule has 2 aromatic rings. The van der Waals surface area contributed by atoms with Crippen LogP contribution in [0.25, 0.3) is 11.1 Å². The molecule has 1 amide bonds. The summed E-state index contributed by atoms with van der Waals surface area (Å²) in [5.41, 5.74) is 4.69. The van der Waals surface area contributed by atoms with E-state index < -0.39 is 0 Å². The van der Waals surface area contributed by atoms with Gasteiger partial charge in [0.2, 0.25) is 5.91 Å². The first kappa shape index (κ1) is 13.6. The minimum Gasteiger partial charge on any atom is -0.356 e. The molecule has 0 aromatic heterocycles. The van der Waals surface area contributed by atoms with Crippen LogP contribution in [0.1, 0.15) is 29.4 Å². The third-order valence-electron chi connectivity index (χ3n) is 5.40. The van der Waals surface area contributed by atoms with E-state index in [9.17, 15) is 4.79 Å². The van der Waals surface area contributed by atoms with E-state index in [4.69, 9.17) is 16.3 Å². The lowest BCUT2D eigenvalue weighted by atomic mass is 9.68. The molecule has 5 rings (SSSR count). The molecule has 116 valence electrons. The Balaban J connectivity index is 1.75. The lowest BCUT2D eigenvalue weighted by Gasteiger charge is -2.43. The van der Waals surface area contributed by atoms with Crippen LogP contribution in [-0.2, 0) is 9.53 Å². The number of piperidine rings is 1. The third-order valence-corrected chi connectivity index (χ3v) is 5.63. The number of benzene rings is 2. The number of hydrogen-bond acceptors (Lipinski definition) is 2. The van der Waals surface area contributed by atoms with Crippen LogP contribution in [0.5, 0.6) is 0 Å². The summed E-state index contributed by atoms with van der Waals surface area (Å²) >= 11 is 6.26. The first-order chi connectivity index (χ1) is 11.2. The Hall–Kier alpha value is -1.84. The van der Waals surface area contributed by atoms with Crippen LogP contribution in [0.15, 0.2) is 42.5 Å². The van der Waals surface area contributed by atoms with Crippen molar-refractivity contribution in [3.05, 3.63) is 58.6 Å². The van der Waals surface area contributed by atoms with Gasteiger partial charge in [0.05, 0.1) is 12.5 Å². The Bertz CT molecular complexity index is 819. The Morgan fingerprint density at radius 3 is 2.83 bits per heavy atom. The first-order valence-electron chi connectivity index (χ1n) is 8.05. The lowest BCUT2D eigenvalue weighted by molar-refractivity contribution is -0.143. The normalized spacial score (nSPS) is 28.0. The van der Waals surface area contributed by atoms with E-state index in [1.807, 2.05) is 29.2 Å². The van der Waals surface area contributed by atoms with Crippen LogP contribution in [0.4, 0.5) is 0 Å². The van der Waals surface area contributed by atoms with Crippen LogP contribution in [-0.4, -0.2) is 30.2 Å². The number of amides is 1. The summed E-state index contributed by atoms with van der Waals surface area (Å²) in [6.45, 7) is 1.34. The van der Waals surface area contributed by atoms with Gasteiger partial charge in [0.25, 0.3) is 0 Å². The van der Waals surface area contributed by atoms with Crippen LogP contribution >= 0.6 is 11.6 Å². The highest BCUT2D eigenvalue weighted by Gasteiger charge is 2.48. The van der Waals surface area contributed by atoms with Crippen molar-refractivity contribution >= 4 is 17.5 Å². The summed E-state index contributed by atoms with van der Waals surface area (Å²) in [4.78, 5) is 15.0. The van der Waals surface area contributed by atoms with Crippen LogP contribution in [0.3, 0.4) is 0 Å². The zero-order valence-corrected chi connectivity index (χ0v) is 13.3. The Kier molecular flexibility index (Phi) is 2.85. The SMILES string of the molecule is O=C1[C@H]2c3ccccc3-c3ccc(Cl)cc3[C@H]2C[C@@H]2OCCN12. The lowest BCUT2D eigenvalue weighted by Crippen LogP contribution is -2.47. The molecule has 0 radical (unpaired) electrons. The second-order valence-electron chi connectivity index (χ2n) is 6.50. The van der Waals surface area contributed by atoms with Gasteiger partial charge in [-0.25, -0.2) is 0 Å². The smallest absolute Gasteiger partial charge is 0.232 e. The van der Waals surface area contributed by atoms with Crippen molar-refractivity contribution in [1.29, 1.82) is 0 Å². The molecule has 0 saturated carbocycles. The van der Waals surface area contributed by atoms with E-state index in [1.165, 1.54) is 11.1 Å². The van der Waals surface area contributed by atoms with Crippen molar-refractivity contribution < 1.29 is 9.53 Å². The van der Waals surface area contributed by atoms with Crippen LogP contribution in [0.2, 0.25) is 5.02 Å². The molecule has 2 aliphatic heterocycles. The van der Waals surface area contributed by atoms with Gasteiger partial charge in [-0.15, -0.1) is 0 Å². The molecule has 2 fully saturated rings. The molecule has 2 saturated heterocycles. The van der Waals surface area contributed by atoms with E-state index in [0.29, 0.717) is 13.2 Å². The van der Waals surface area contributed by atoms with Gasteiger partial charge in [-0.3, -0.25) is 4.79 Å². The number of rotatable bonds is 0. The van der Waals surface area contributed by atoms with Crippen molar-refractivity contribution in [1.82, 2.24) is 4.90 Å². The number of ether oxygens (including phenoxy) is 1. The van der Waals surface area contributed by atoms with Crippen LogP contribution in [0, 0.1) is 0 Å². The zero-order valence-electron chi connectivity index (χ0n) is 12.5. The zero-order chi connectivity index (χ0) is 15.6. The van der Waals surface area contributed by atoms with Gasteiger partial charge in [0.15, 0.2) is 0 Å². The molecule has 3 nitrogen and oxygen atoms in total. The van der Waals surface area contributed by atoms with Gasteiger partial charge in [0.1, 0.15) is 6.23 Å². The maximum absolute atomic E-state index is 13.1. The van der Waals surface area contributed by atoms with Gasteiger partial charge < -0.3 is 9.64 Å². The number of nitrogens with zero attached hydrogens (tertiary/aromatic N) is 1.